The van der Waals surface area contributed by atoms with E-state index in [0.29, 0.717) is 24.4 Å². The zero-order chi connectivity index (χ0) is 19.8. The van der Waals surface area contributed by atoms with Crippen molar-refractivity contribution in [2.75, 3.05) is 7.11 Å². The van der Waals surface area contributed by atoms with E-state index in [9.17, 15) is 9.59 Å². The molecule has 0 fully saturated rings. The van der Waals surface area contributed by atoms with Gasteiger partial charge in [0.1, 0.15) is 5.76 Å². The summed E-state index contributed by atoms with van der Waals surface area (Å²) in [4.78, 5) is 30.0. The first kappa shape index (κ1) is 19.1. The molecule has 0 aliphatic heterocycles. The van der Waals surface area contributed by atoms with Gasteiger partial charge in [-0.2, -0.15) is 0 Å². The third kappa shape index (κ3) is 5.17. The first-order valence-electron chi connectivity index (χ1n) is 8.72. The highest BCUT2D eigenvalue weighted by molar-refractivity contribution is 5.92. The second kappa shape index (κ2) is 9.32. The first-order valence-corrected chi connectivity index (χ1v) is 8.72. The Kier molecular flexibility index (Phi) is 6.36. The molecule has 3 rings (SSSR count). The number of carbonyl (C=O) groups is 2. The largest absolute Gasteiger partial charge is 0.467 e. The second-order valence-electron chi connectivity index (χ2n) is 6.08. The van der Waals surface area contributed by atoms with Gasteiger partial charge in [-0.3, -0.25) is 9.78 Å². The molecule has 0 saturated carbocycles. The Morgan fingerprint density at radius 2 is 1.93 bits per heavy atom. The van der Waals surface area contributed by atoms with Crippen LogP contribution >= 0.6 is 0 Å². The fourth-order valence-electron chi connectivity index (χ4n) is 2.64. The molecule has 6 nitrogen and oxygen atoms in total. The summed E-state index contributed by atoms with van der Waals surface area (Å²) in [6, 6.07) is 14.2. The summed E-state index contributed by atoms with van der Waals surface area (Å²) >= 11 is 0. The monoisotopic (exact) mass is 376 g/mol. The van der Waals surface area contributed by atoms with Crippen molar-refractivity contribution in [2.45, 2.75) is 13.1 Å². The maximum atomic E-state index is 12.8. The molecule has 0 spiro atoms. The molecular weight excluding hydrogens is 356 g/mol. The molecule has 0 unspecified atom stereocenters. The minimum absolute atomic E-state index is 0.155. The molecular formula is C22H20N2O4. The molecule has 0 aliphatic rings. The summed E-state index contributed by atoms with van der Waals surface area (Å²) < 4.78 is 10.1. The Balaban J connectivity index is 1.72. The smallest absolute Gasteiger partial charge is 0.337 e. The molecule has 2 heterocycles. The minimum Gasteiger partial charge on any atom is -0.467 e. The van der Waals surface area contributed by atoms with Gasteiger partial charge >= 0.3 is 5.97 Å². The Morgan fingerprint density at radius 3 is 2.57 bits per heavy atom. The van der Waals surface area contributed by atoms with Gasteiger partial charge < -0.3 is 14.1 Å². The van der Waals surface area contributed by atoms with Gasteiger partial charge in [0.15, 0.2) is 0 Å². The number of ether oxygens (including phenoxy) is 1. The molecule has 0 bridgehead atoms. The van der Waals surface area contributed by atoms with Crippen LogP contribution in [-0.2, 0) is 22.6 Å². The number of pyridine rings is 1. The summed E-state index contributed by atoms with van der Waals surface area (Å²) in [6.45, 7) is 0.769. The van der Waals surface area contributed by atoms with E-state index in [-0.39, 0.29) is 5.91 Å². The molecule has 1 aromatic carbocycles. The van der Waals surface area contributed by atoms with Crippen molar-refractivity contribution >= 4 is 18.0 Å². The molecule has 3 aromatic rings. The van der Waals surface area contributed by atoms with E-state index < -0.39 is 5.97 Å². The second-order valence-corrected chi connectivity index (χ2v) is 6.08. The number of furan rings is 1. The average molecular weight is 376 g/mol. The highest BCUT2D eigenvalue weighted by Gasteiger charge is 2.14. The zero-order valence-corrected chi connectivity index (χ0v) is 15.4. The number of benzene rings is 1. The summed E-state index contributed by atoms with van der Waals surface area (Å²) in [5, 5.41) is 0. The summed E-state index contributed by atoms with van der Waals surface area (Å²) in [7, 11) is 1.34. The number of hydrogen-bond donors (Lipinski definition) is 0. The van der Waals surface area contributed by atoms with Crippen LogP contribution in [0.15, 0.2) is 77.7 Å². The van der Waals surface area contributed by atoms with Gasteiger partial charge in [-0.05, 0) is 47.5 Å². The Morgan fingerprint density at radius 1 is 1.11 bits per heavy atom. The van der Waals surface area contributed by atoms with Gasteiger partial charge in [0.05, 0.1) is 25.5 Å². The van der Waals surface area contributed by atoms with Crippen LogP contribution in [0.5, 0.6) is 0 Å². The van der Waals surface area contributed by atoms with Gasteiger partial charge in [0.2, 0.25) is 5.91 Å². The van der Waals surface area contributed by atoms with Crippen molar-refractivity contribution in [3.05, 3.63) is 95.7 Å². The van der Waals surface area contributed by atoms with Gasteiger partial charge in [-0.1, -0.05) is 18.2 Å². The van der Waals surface area contributed by atoms with E-state index >= 15 is 0 Å². The van der Waals surface area contributed by atoms with Gasteiger partial charge in [0, 0.05) is 25.0 Å². The van der Waals surface area contributed by atoms with Crippen molar-refractivity contribution < 1.29 is 18.7 Å². The number of hydrogen-bond acceptors (Lipinski definition) is 5. The highest BCUT2D eigenvalue weighted by Crippen LogP contribution is 2.12. The van der Waals surface area contributed by atoms with Crippen molar-refractivity contribution in [3.8, 4) is 0 Å². The third-order valence-electron chi connectivity index (χ3n) is 4.08. The lowest BCUT2D eigenvalue weighted by Crippen LogP contribution is -2.28. The molecule has 6 heteroatoms. The van der Waals surface area contributed by atoms with Crippen LogP contribution in [0.2, 0.25) is 0 Å². The van der Waals surface area contributed by atoms with Crippen LogP contribution in [0, 0.1) is 0 Å². The van der Waals surface area contributed by atoms with Crippen LogP contribution in [-0.4, -0.2) is 28.9 Å². The molecule has 0 saturated heterocycles. The highest BCUT2D eigenvalue weighted by atomic mass is 16.5. The lowest BCUT2D eigenvalue weighted by molar-refractivity contribution is -0.127. The SMILES string of the molecule is COC(=O)c1ccc(/C=C/C(=O)N(Cc2cccnc2)Cc2ccco2)cc1. The maximum Gasteiger partial charge on any atom is 0.337 e. The molecule has 2 aromatic heterocycles. The van der Waals surface area contributed by atoms with Crippen molar-refractivity contribution in [1.29, 1.82) is 0 Å². The molecule has 0 N–H and O–H groups in total. The van der Waals surface area contributed by atoms with E-state index in [2.05, 4.69) is 9.72 Å². The fraction of sp³-hybridized carbons (Fsp3) is 0.136. The van der Waals surface area contributed by atoms with E-state index in [1.54, 1.807) is 60.0 Å². The van der Waals surface area contributed by atoms with Gasteiger partial charge in [-0.25, -0.2) is 4.79 Å². The van der Waals surface area contributed by atoms with Gasteiger partial charge in [-0.15, -0.1) is 0 Å². The molecule has 0 atom stereocenters. The predicted octanol–water partition coefficient (Wildman–Crippen LogP) is 3.70. The number of amides is 1. The summed E-state index contributed by atoms with van der Waals surface area (Å²) in [5.41, 5.74) is 2.19. The summed E-state index contributed by atoms with van der Waals surface area (Å²) in [6.07, 6.45) is 8.23. The van der Waals surface area contributed by atoms with Crippen LogP contribution in [0.1, 0.15) is 27.2 Å². The fourth-order valence-corrected chi connectivity index (χ4v) is 2.64. The number of rotatable bonds is 7. The molecule has 28 heavy (non-hydrogen) atoms. The maximum absolute atomic E-state index is 12.8. The van der Waals surface area contributed by atoms with Crippen LogP contribution in [0.4, 0.5) is 0 Å². The van der Waals surface area contributed by atoms with Crippen LogP contribution in [0.3, 0.4) is 0 Å². The van der Waals surface area contributed by atoms with Crippen molar-refractivity contribution in [2.24, 2.45) is 0 Å². The predicted molar refractivity (Wildman–Crippen MR) is 104 cm³/mol. The number of esters is 1. The minimum atomic E-state index is -0.396. The normalized spacial score (nSPS) is 10.8. The van der Waals surface area contributed by atoms with E-state index in [4.69, 9.17) is 4.42 Å². The number of methoxy groups -OCH3 is 1. The van der Waals surface area contributed by atoms with Crippen LogP contribution < -0.4 is 0 Å². The first-order chi connectivity index (χ1) is 13.7. The van der Waals surface area contributed by atoms with E-state index in [1.165, 1.54) is 13.2 Å². The van der Waals surface area contributed by atoms with E-state index in [0.717, 1.165) is 11.1 Å². The molecule has 0 radical (unpaired) electrons. The number of nitrogens with zero attached hydrogens (tertiary/aromatic N) is 2. The topological polar surface area (TPSA) is 72.6 Å². The lowest BCUT2D eigenvalue weighted by atomic mass is 10.1. The molecule has 142 valence electrons. The quantitative estimate of drug-likeness (QED) is 0.464. The zero-order valence-electron chi connectivity index (χ0n) is 15.4. The Hall–Kier alpha value is -3.67. The van der Waals surface area contributed by atoms with E-state index in [1.807, 2.05) is 18.2 Å². The average Bonchev–Trinajstić information content (AvgIpc) is 3.25. The molecule has 0 aliphatic carbocycles. The summed E-state index contributed by atoms with van der Waals surface area (Å²) in [5.74, 6) is 0.151. The Labute approximate surface area is 163 Å². The third-order valence-corrected chi connectivity index (χ3v) is 4.08. The number of carbonyl (C=O) groups excluding carboxylic acids is 2. The van der Waals surface area contributed by atoms with Crippen molar-refractivity contribution in [3.63, 3.8) is 0 Å². The Bertz CT molecular complexity index is 932. The lowest BCUT2D eigenvalue weighted by Gasteiger charge is -2.20. The molecule has 1 amide bonds. The van der Waals surface area contributed by atoms with Crippen LogP contribution in [0.25, 0.3) is 6.08 Å². The number of aromatic nitrogens is 1. The standard InChI is InChI=1S/C22H20N2O4/c1-27-22(26)19-9-6-17(7-10-19)8-11-21(25)24(16-20-5-3-13-28-20)15-18-4-2-12-23-14-18/h2-14H,15-16H2,1H3/b11-8+. The van der Waals surface area contributed by atoms with Gasteiger partial charge in [0.25, 0.3) is 0 Å². The van der Waals surface area contributed by atoms with Crippen molar-refractivity contribution in [1.82, 2.24) is 9.88 Å².